The van der Waals surface area contributed by atoms with Gasteiger partial charge in [0, 0.05) is 5.56 Å². The molecule has 0 saturated carbocycles. The molecule has 0 spiro atoms. The van der Waals surface area contributed by atoms with Gasteiger partial charge in [0.15, 0.2) is 5.82 Å². The van der Waals surface area contributed by atoms with E-state index < -0.39 is 0 Å². The predicted octanol–water partition coefficient (Wildman–Crippen LogP) is 5.35. The first-order chi connectivity index (χ1) is 13.1. The van der Waals surface area contributed by atoms with Gasteiger partial charge in [0.25, 0.3) is 11.1 Å². The van der Waals surface area contributed by atoms with Gasteiger partial charge in [-0.05, 0) is 38.1 Å². The van der Waals surface area contributed by atoms with Crippen LogP contribution in [-0.2, 0) is 5.75 Å². The summed E-state index contributed by atoms with van der Waals surface area (Å²) in [6, 6.07) is 13.5. The molecule has 0 aliphatic rings. The van der Waals surface area contributed by atoms with E-state index in [1.165, 1.54) is 11.8 Å². The van der Waals surface area contributed by atoms with Crippen molar-refractivity contribution in [2.75, 3.05) is 0 Å². The van der Waals surface area contributed by atoms with Gasteiger partial charge in [-0.15, -0.1) is 10.2 Å². The number of halogens is 1. The van der Waals surface area contributed by atoms with Gasteiger partial charge in [-0.25, -0.2) is 0 Å². The Labute approximate surface area is 165 Å². The molecule has 0 saturated heterocycles. The lowest BCUT2D eigenvalue weighted by atomic mass is 10.1. The molecule has 0 aliphatic heterocycles. The van der Waals surface area contributed by atoms with Crippen molar-refractivity contribution >= 4 is 23.4 Å². The van der Waals surface area contributed by atoms with Crippen molar-refractivity contribution in [1.82, 2.24) is 20.3 Å². The largest absolute Gasteiger partial charge is 0.411 e. The topological polar surface area (TPSA) is 77.8 Å². The molecule has 0 aliphatic carbocycles. The minimum Gasteiger partial charge on any atom is -0.411 e. The summed E-state index contributed by atoms with van der Waals surface area (Å²) in [6.45, 7) is 4.07. The van der Waals surface area contributed by atoms with E-state index >= 15 is 0 Å². The second-order valence-corrected chi connectivity index (χ2v) is 7.37. The third-order valence-corrected chi connectivity index (χ3v) is 4.92. The SMILES string of the molecule is Cc1cc(C)cc(-c2nnc(SCc3noc(-c4ccccc4Cl)n3)o2)c1. The van der Waals surface area contributed by atoms with Crippen LogP contribution in [0.5, 0.6) is 0 Å². The second-order valence-electron chi connectivity index (χ2n) is 6.03. The molecule has 4 aromatic rings. The maximum Gasteiger partial charge on any atom is 0.277 e. The first kappa shape index (κ1) is 17.8. The lowest BCUT2D eigenvalue weighted by Gasteiger charge is -1.99. The van der Waals surface area contributed by atoms with Gasteiger partial charge in [0.05, 0.1) is 16.3 Å². The number of thioether (sulfide) groups is 1. The Kier molecular flexibility index (Phi) is 4.96. The summed E-state index contributed by atoms with van der Waals surface area (Å²) in [6.07, 6.45) is 0. The molecule has 2 aromatic heterocycles. The van der Waals surface area contributed by atoms with Gasteiger partial charge in [-0.3, -0.25) is 0 Å². The summed E-state index contributed by atoms with van der Waals surface area (Å²) >= 11 is 7.51. The molecule has 27 heavy (non-hydrogen) atoms. The number of aryl methyl sites for hydroxylation is 2. The van der Waals surface area contributed by atoms with Crippen LogP contribution in [0.3, 0.4) is 0 Å². The van der Waals surface area contributed by atoms with E-state index in [1.807, 2.05) is 44.2 Å². The summed E-state index contributed by atoms with van der Waals surface area (Å²) in [4.78, 5) is 4.37. The highest BCUT2D eigenvalue weighted by Crippen LogP contribution is 2.29. The number of hydrogen-bond acceptors (Lipinski definition) is 7. The molecule has 4 rings (SSSR count). The van der Waals surface area contributed by atoms with Gasteiger partial charge >= 0.3 is 0 Å². The Morgan fingerprint density at radius 2 is 1.78 bits per heavy atom. The van der Waals surface area contributed by atoms with Crippen molar-refractivity contribution in [3.8, 4) is 22.9 Å². The number of nitrogens with zero attached hydrogens (tertiary/aromatic N) is 4. The first-order valence-electron chi connectivity index (χ1n) is 8.21. The number of benzene rings is 2. The lowest BCUT2D eigenvalue weighted by molar-refractivity contribution is 0.425. The molecular formula is C19H15ClN4O2S. The summed E-state index contributed by atoms with van der Waals surface area (Å²) < 4.78 is 11.0. The van der Waals surface area contributed by atoms with Crippen LogP contribution in [0.15, 0.2) is 56.6 Å². The van der Waals surface area contributed by atoms with Gasteiger partial charge in [-0.2, -0.15) is 4.98 Å². The molecule has 0 radical (unpaired) electrons. The van der Waals surface area contributed by atoms with Crippen LogP contribution in [0, 0.1) is 13.8 Å². The van der Waals surface area contributed by atoms with E-state index in [0.717, 1.165) is 16.7 Å². The third kappa shape index (κ3) is 4.04. The van der Waals surface area contributed by atoms with Crippen molar-refractivity contribution < 1.29 is 8.94 Å². The van der Waals surface area contributed by atoms with E-state index in [-0.39, 0.29) is 0 Å². The maximum atomic E-state index is 6.16. The van der Waals surface area contributed by atoms with Crippen LogP contribution in [0.1, 0.15) is 17.0 Å². The molecule has 2 heterocycles. The molecule has 6 nitrogen and oxygen atoms in total. The number of rotatable bonds is 5. The standard InChI is InChI=1S/C19H15ClN4O2S/c1-11-7-12(2)9-13(8-11)17-22-23-19(25-17)27-10-16-21-18(26-24-16)14-5-3-4-6-15(14)20/h3-9H,10H2,1-2H3. The fourth-order valence-corrected chi connectivity index (χ4v) is 3.49. The molecule has 2 aromatic carbocycles. The highest BCUT2D eigenvalue weighted by molar-refractivity contribution is 7.98. The number of hydrogen-bond donors (Lipinski definition) is 0. The van der Waals surface area contributed by atoms with Crippen molar-refractivity contribution in [2.45, 2.75) is 24.8 Å². The smallest absolute Gasteiger partial charge is 0.277 e. The van der Waals surface area contributed by atoms with Crippen LogP contribution in [0.2, 0.25) is 5.02 Å². The van der Waals surface area contributed by atoms with E-state index in [4.69, 9.17) is 20.5 Å². The Balaban J connectivity index is 1.46. The van der Waals surface area contributed by atoms with E-state index in [0.29, 0.717) is 39.2 Å². The summed E-state index contributed by atoms with van der Waals surface area (Å²) in [5.74, 6) is 1.86. The van der Waals surface area contributed by atoms with Crippen LogP contribution in [0.25, 0.3) is 22.9 Å². The fraction of sp³-hybridized carbons (Fsp3) is 0.158. The van der Waals surface area contributed by atoms with Crippen molar-refractivity contribution in [2.24, 2.45) is 0 Å². The zero-order valence-electron chi connectivity index (χ0n) is 14.6. The van der Waals surface area contributed by atoms with Crippen LogP contribution in [0.4, 0.5) is 0 Å². The van der Waals surface area contributed by atoms with Gasteiger partial charge in [-0.1, -0.05) is 57.8 Å². The quantitative estimate of drug-likeness (QED) is 0.419. The molecule has 0 amide bonds. The lowest BCUT2D eigenvalue weighted by Crippen LogP contribution is -1.85. The molecule has 0 bridgehead atoms. The molecule has 8 heteroatoms. The molecular weight excluding hydrogens is 384 g/mol. The Morgan fingerprint density at radius 1 is 1.00 bits per heavy atom. The van der Waals surface area contributed by atoms with Gasteiger partial charge < -0.3 is 8.94 Å². The first-order valence-corrected chi connectivity index (χ1v) is 9.57. The fourth-order valence-electron chi connectivity index (χ4n) is 2.67. The normalized spacial score (nSPS) is 11.1. The third-order valence-electron chi connectivity index (χ3n) is 3.77. The minimum absolute atomic E-state index is 0.387. The molecule has 136 valence electrons. The monoisotopic (exact) mass is 398 g/mol. The van der Waals surface area contributed by atoms with Crippen molar-refractivity contribution in [1.29, 1.82) is 0 Å². The summed E-state index contributed by atoms with van der Waals surface area (Å²) in [7, 11) is 0. The summed E-state index contributed by atoms with van der Waals surface area (Å²) in [5, 5.41) is 13.2. The van der Waals surface area contributed by atoms with Gasteiger partial charge in [0.1, 0.15) is 0 Å². The van der Waals surface area contributed by atoms with Crippen LogP contribution < -0.4 is 0 Å². The minimum atomic E-state index is 0.387. The predicted molar refractivity (Wildman–Crippen MR) is 104 cm³/mol. The van der Waals surface area contributed by atoms with Crippen molar-refractivity contribution in [3.05, 3.63) is 64.4 Å². The van der Waals surface area contributed by atoms with Gasteiger partial charge in [0.2, 0.25) is 5.89 Å². The zero-order chi connectivity index (χ0) is 18.8. The van der Waals surface area contributed by atoms with Crippen LogP contribution >= 0.6 is 23.4 Å². The maximum absolute atomic E-state index is 6.16. The Bertz CT molecular complexity index is 1070. The zero-order valence-corrected chi connectivity index (χ0v) is 16.2. The highest BCUT2D eigenvalue weighted by Gasteiger charge is 2.14. The molecule has 0 atom stereocenters. The second kappa shape index (κ2) is 7.54. The Hall–Kier alpha value is -2.64. The molecule has 0 N–H and O–H groups in total. The van der Waals surface area contributed by atoms with Crippen LogP contribution in [-0.4, -0.2) is 20.3 Å². The average molecular weight is 399 g/mol. The van der Waals surface area contributed by atoms with E-state index in [2.05, 4.69) is 26.4 Å². The van der Waals surface area contributed by atoms with E-state index in [9.17, 15) is 0 Å². The number of aromatic nitrogens is 4. The summed E-state index contributed by atoms with van der Waals surface area (Å²) in [5.41, 5.74) is 3.91. The van der Waals surface area contributed by atoms with E-state index in [1.54, 1.807) is 6.07 Å². The molecule has 0 fully saturated rings. The highest BCUT2D eigenvalue weighted by atomic mass is 35.5. The van der Waals surface area contributed by atoms with Crippen molar-refractivity contribution in [3.63, 3.8) is 0 Å². The Morgan fingerprint density at radius 3 is 2.56 bits per heavy atom. The molecule has 0 unspecified atom stereocenters. The average Bonchev–Trinajstić information content (AvgIpc) is 3.29.